The first-order valence-corrected chi connectivity index (χ1v) is 8.96. The fourth-order valence-corrected chi connectivity index (χ4v) is 3.22. The molecule has 1 atom stereocenters. The number of para-hydroxylation sites is 1. The second-order valence-corrected chi connectivity index (χ2v) is 6.28. The van der Waals surface area contributed by atoms with E-state index < -0.39 is 29.3 Å². The van der Waals surface area contributed by atoms with Gasteiger partial charge in [-0.15, -0.1) is 0 Å². The first-order valence-electron chi connectivity index (χ1n) is 8.96. The summed E-state index contributed by atoms with van der Waals surface area (Å²) in [7, 11) is 0. The topological polar surface area (TPSA) is 29.5 Å². The van der Waals surface area contributed by atoms with E-state index in [1.54, 1.807) is 36.1 Å². The highest BCUT2D eigenvalue weighted by molar-refractivity contribution is 5.94. The van der Waals surface area contributed by atoms with Gasteiger partial charge in [-0.05, 0) is 31.0 Å². The van der Waals surface area contributed by atoms with Crippen molar-refractivity contribution in [3.05, 3.63) is 89.6 Å². The van der Waals surface area contributed by atoms with Crippen molar-refractivity contribution >= 4 is 11.7 Å². The van der Waals surface area contributed by atoms with Crippen LogP contribution < -0.4 is 4.90 Å². The van der Waals surface area contributed by atoms with E-state index in [1.165, 1.54) is 6.20 Å². The molecule has 3 nitrogen and oxygen atoms in total. The Morgan fingerprint density at radius 2 is 1.68 bits per heavy atom. The number of benzene rings is 2. The number of alkyl halides is 3. The van der Waals surface area contributed by atoms with Gasteiger partial charge in [-0.25, -0.2) is 4.79 Å². The normalized spacial score (nSPS) is 17.4. The monoisotopic (exact) mass is 387 g/mol. The molecular weight excluding hydrogens is 367 g/mol. The van der Waals surface area contributed by atoms with E-state index in [-0.39, 0.29) is 13.0 Å². The van der Waals surface area contributed by atoms with Crippen LogP contribution in [0.15, 0.2) is 84.1 Å². The lowest BCUT2D eigenvalue weighted by molar-refractivity contribution is -0.140. The summed E-state index contributed by atoms with van der Waals surface area (Å²) in [5.74, 6) is -0.985. The summed E-state index contributed by atoms with van der Waals surface area (Å²) < 4.78 is 46.0. The molecule has 0 radical (unpaired) electrons. The number of nitrogens with zero attached hydrogens (tertiary/aromatic N) is 1. The maximum Gasteiger partial charge on any atom is 0.417 e. The van der Waals surface area contributed by atoms with Gasteiger partial charge < -0.3 is 9.64 Å². The maximum absolute atomic E-state index is 13.7. The number of anilines is 1. The Morgan fingerprint density at radius 1 is 1.07 bits per heavy atom. The molecule has 146 valence electrons. The minimum absolute atomic E-state index is 0.00520. The van der Waals surface area contributed by atoms with Crippen LogP contribution in [0.5, 0.6) is 0 Å². The van der Waals surface area contributed by atoms with Gasteiger partial charge in [0.2, 0.25) is 0 Å². The smallest absolute Gasteiger partial charge is 0.417 e. The van der Waals surface area contributed by atoms with Crippen molar-refractivity contribution in [3.8, 4) is 0 Å². The quantitative estimate of drug-likeness (QED) is 0.642. The molecule has 0 fully saturated rings. The van der Waals surface area contributed by atoms with Gasteiger partial charge in [0.25, 0.3) is 0 Å². The third-order valence-electron chi connectivity index (χ3n) is 4.48. The molecule has 0 saturated heterocycles. The summed E-state index contributed by atoms with van der Waals surface area (Å²) in [5.41, 5.74) is 0.0856. The molecule has 1 unspecified atom stereocenters. The van der Waals surface area contributed by atoms with Crippen molar-refractivity contribution in [2.75, 3.05) is 11.5 Å². The first-order chi connectivity index (χ1) is 13.4. The summed E-state index contributed by atoms with van der Waals surface area (Å²) in [6, 6.07) is 17.9. The first kappa shape index (κ1) is 19.7. The van der Waals surface area contributed by atoms with Crippen LogP contribution in [0.4, 0.5) is 18.9 Å². The summed E-state index contributed by atoms with van der Waals surface area (Å²) in [4.78, 5) is 14.1. The molecular formula is C22H20F3NO2. The molecule has 0 aliphatic carbocycles. The number of carbonyl (C=O) groups is 1. The molecule has 2 aromatic carbocycles. The average molecular weight is 387 g/mol. The van der Waals surface area contributed by atoms with Crippen molar-refractivity contribution in [2.24, 2.45) is 0 Å². The van der Waals surface area contributed by atoms with Gasteiger partial charge in [0.05, 0.1) is 23.8 Å². The second kappa shape index (κ2) is 8.33. The van der Waals surface area contributed by atoms with Gasteiger partial charge in [-0.3, -0.25) is 0 Å². The molecule has 0 saturated carbocycles. The van der Waals surface area contributed by atoms with Crippen LogP contribution in [0.25, 0.3) is 0 Å². The lowest BCUT2D eigenvalue weighted by atomic mass is 10.0. The van der Waals surface area contributed by atoms with Crippen LogP contribution >= 0.6 is 0 Å². The predicted octanol–water partition coefficient (Wildman–Crippen LogP) is 5.57. The molecule has 1 aliphatic heterocycles. The number of esters is 1. The predicted molar refractivity (Wildman–Crippen MR) is 102 cm³/mol. The number of rotatable bonds is 4. The number of halogens is 3. The van der Waals surface area contributed by atoms with E-state index in [1.807, 2.05) is 36.4 Å². The zero-order chi connectivity index (χ0) is 20.1. The van der Waals surface area contributed by atoms with Gasteiger partial charge >= 0.3 is 12.1 Å². The van der Waals surface area contributed by atoms with Gasteiger partial charge in [0.1, 0.15) is 0 Å². The summed E-state index contributed by atoms with van der Waals surface area (Å²) in [5, 5.41) is 0. The van der Waals surface area contributed by atoms with Gasteiger partial charge in [0, 0.05) is 11.9 Å². The molecule has 6 heteroatoms. The van der Waals surface area contributed by atoms with Crippen LogP contribution in [0.3, 0.4) is 0 Å². The zero-order valence-corrected chi connectivity index (χ0v) is 15.3. The molecule has 1 aliphatic rings. The van der Waals surface area contributed by atoms with E-state index in [4.69, 9.17) is 4.74 Å². The Labute approximate surface area is 161 Å². The van der Waals surface area contributed by atoms with Crippen LogP contribution in [0.2, 0.25) is 0 Å². The van der Waals surface area contributed by atoms with Crippen LogP contribution in [-0.4, -0.2) is 18.8 Å². The SMILES string of the molecule is CCOC(=O)C1=CN(c2ccccc2)C(c2ccccc2)CC=C1C(F)(F)F. The molecule has 3 rings (SSSR count). The Hall–Kier alpha value is -3.02. The molecule has 0 aromatic heterocycles. The van der Waals surface area contributed by atoms with E-state index in [9.17, 15) is 18.0 Å². The van der Waals surface area contributed by atoms with Crippen molar-refractivity contribution in [3.63, 3.8) is 0 Å². The highest BCUT2D eigenvalue weighted by atomic mass is 19.4. The van der Waals surface area contributed by atoms with E-state index >= 15 is 0 Å². The van der Waals surface area contributed by atoms with Gasteiger partial charge in [-0.2, -0.15) is 13.2 Å². The third-order valence-corrected chi connectivity index (χ3v) is 4.48. The summed E-state index contributed by atoms with van der Waals surface area (Å²) >= 11 is 0. The second-order valence-electron chi connectivity index (χ2n) is 6.28. The fraction of sp³-hybridized carbons (Fsp3) is 0.227. The van der Waals surface area contributed by atoms with Gasteiger partial charge in [-0.1, -0.05) is 54.6 Å². The highest BCUT2D eigenvalue weighted by Gasteiger charge is 2.41. The Balaban J connectivity index is 2.17. The highest BCUT2D eigenvalue weighted by Crippen LogP contribution is 2.40. The molecule has 0 bridgehead atoms. The average Bonchev–Trinajstić information content (AvgIpc) is 2.90. The molecule has 0 amide bonds. The number of carbonyl (C=O) groups excluding carboxylic acids is 1. The van der Waals surface area contributed by atoms with E-state index in [0.717, 1.165) is 11.6 Å². The Kier molecular flexibility index (Phi) is 5.87. The molecule has 0 N–H and O–H groups in total. The largest absolute Gasteiger partial charge is 0.462 e. The van der Waals surface area contributed by atoms with E-state index in [0.29, 0.717) is 5.69 Å². The van der Waals surface area contributed by atoms with Crippen molar-refractivity contribution < 1.29 is 22.7 Å². The lowest BCUT2D eigenvalue weighted by Gasteiger charge is -2.30. The molecule has 2 aromatic rings. The molecule has 28 heavy (non-hydrogen) atoms. The van der Waals surface area contributed by atoms with E-state index in [2.05, 4.69) is 0 Å². The van der Waals surface area contributed by atoms with Gasteiger partial charge in [0.15, 0.2) is 0 Å². The molecule has 0 spiro atoms. The molecule has 1 heterocycles. The maximum atomic E-state index is 13.7. The number of hydrogen-bond acceptors (Lipinski definition) is 3. The van der Waals surface area contributed by atoms with Crippen molar-refractivity contribution in [1.29, 1.82) is 0 Å². The standard InChI is InChI=1S/C22H20F3NO2/c1-2-28-21(27)18-15-26(17-11-7-4-8-12-17)20(16-9-5-3-6-10-16)14-13-19(18)22(23,24)25/h3-13,15,20H,2,14H2,1H3. The fourth-order valence-electron chi connectivity index (χ4n) is 3.22. The zero-order valence-electron chi connectivity index (χ0n) is 15.3. The lowest BCUT2D eigenvalue weighted by Crippen LogP contribution is -2.25. The number of hydrogen-bond donors (Lipinski definition) is 0. The summed E-state index contributed by atoms with van der Waals surface area (Å²) in [6.45, 7) is 1.56. The van der Waals surface area contributed by atoms with Crippen LogP contribution in [-0.2, 0) is 9.53 Å². The Morgan fingerprint density at radius 3 is 2.25 bits per heavy atom. The van der Waals surface area contributed by atoms with Crippen molar-refractivity contribution in [2.45, 2.75) is 25.6 Å². The third kappa shape index (κ3) is 4.27. The van der Waals surface area contributed by atoms with Crippen LogP contribution in [0, 0.1) is 0 Å². The van der Waals surface area contributed by atoms with Crippen molar-refractivity contribution in [1.82, 2.24) is 0 Å². The summed E-state index contributed by atoms with van der Waals surface area (Å²) in [6.07, 6.45) is -2.22. The minimum atomic E-state index is -4.66. The Bertz CT molecular complexity index is 874. The van der Waals surface area contributed by atoms with Crippen LogP contribution in [0.1, 0.15) is 24.9 Å². The number of ether oxygens (including phenoxy) is 1. The minimum Gasteiger partial charge on any atom is -0.462 e.